The van der Waals surface area contributed by atoms with E-state index < -0.39 is 0 Å². The number of benzene rings is 2. The molecule has 0 spiro atoms. The predicted molar refractivity (Wildman–Crippen MR) is 168 cm³/mol. The third kappa shape index (κ3) is 8.42. The monoisotopic (exact) mass is 590 g/mol. The second-order valence-electron chi connectivity index (χ2n) is 13.4. The molecule has 1 fully saturated rings. The van der Waals surface area contributed by atoms with Crippen molar-refractivity contribution in [1.82, 2.24) is 25.2 Å². The maximum atomic E-state index is 13.6. The van der Waals surface area contributed by atoms with Gasteiger partial charge in [-0.15, -0.1) is 5.10 Å². The first-order valence-corrected chi connectivity index (χ1v) is 14.9. The number of anilines is 1. The molecule has 2 amide bonds. The van der Waals surface area contributed by atoms with Crippen LogP contribution in [0.15, 0.2) is 36.5 Å². The van der Waals surface area contributed by atoms with Crippen molar-refractivity contribution in [3.05, 3.63) is 64.5 Å². The number of aromatic nitrogens is 3. The van der Waals surface area contributed by atoms with Gasteiger partial charge in [0.25, 0.3) is 11.8 Å². The topological polar surface area (TPSA) is 111 Å². The van der Waals surface area contributed by atoms with E-state index in [1.165, 1.54) is 4.68 Å². The Labute approximate surface area is 255 Å². The third-order valence-electron chi connectivity index (χ3n) is 7.51. The number of morpholine rings is 1. The van der Waals surface area contributed by atoms with Crippen LogP contribution in [-0.4, -0.2) is 78.2 Å². The van der Waals surface area contributed by atoms with Crippen molar-refractivity contribution in [2.24, 2.45) is 5.41 Å². The molecule has 0 atom stereocenters. The summed E-state index contributed by atoms with van der Waals surface area (Å²) < 4.78 is 12.9. The lowest BCUT2D eigenvalue weighted by atomic mass is 9.85. The number of methoxy groups -OCH3 is 1. The van der Waals surface area contributed by atoms with Gasteiger partial charge in [0, 0.05) is 31.7 Å². The highest BCUT2D eigenvalue weighted by Crippen LogP contribution is 2.36. The zero-order valence-corrected chi connectivity index (χ0v) is 26.8. The molecular formula is C33H46N6O4. The van der Waals surface area contributed by atoms with Crippen molar-refractivity contribution in [1.29, 1.82) is 0 Å². The van der Waals surface area contributed by atoms with Crippen LogP contribution in [0.2, 0.25) is 0 Å². The number of carbonyl (C=O) groups is 2. The number of aryl methyl sites for hydroxylation is 1. The van der Waals surface area contributed by atoms with Crippen LogP contribution in [0.5, 0.6) is 5.75 Å². The quantitative estimate of drug-likeness (QED) is 0.369. The average molecular weight is 591 g/mol. The van der Waals surface area contributed by atoms with Gasteiger partial charge >= 0.3 is 0 Å². The molecular weight excluding hydrogens is 544 g/mol. The Bertz CT molecular complexity index is 1440. The minimum absolute atomic E-state index is 0.0531. The minimum Gasteiger partial charge on any atom is -0.494 e. The average Bonchev–Trinajstić information content (AvgIpc) is 3.44. The van der Waals surface area contributed by atoms with Crippen LogP contribution >= 0.6 is 0 Å². The number of carbonyl (C=O) groups excluding carboxylic acids is 2. The highest BCUT2D eigenvalue weighted by atomic mass is 16.5. The summed E-state index contributed by atoms with van der Waals surface area (Å²) in [5, 5.41) is 14.3. The molecule has 2 heterocycles. The van der Waals surface area contributed by atoms with Gasteiger partial charge in [0.2, 0.25) is 0 Å². The molecule has 0 saturated carbocycles. The highest BCUT2D eigenvalue weighted by molar-refractivity contribution is 6.05. The Morgan fingerprint density at radius 1 is 1.02 bits per heavy atom. The standard InChI is InChI=1S/C33H46N6O4/c1-22-9-10-24(18-28(22)39-20-27(36-37-39)31(41)34-21-32(2,3)4)30(40)35-26-19-25(33(5,6)7)17-23(29(26)42-8)11-12-38-13-15-43-16-14-38/h9-10,17-20H,11-16,21H2,1-8H3,(H,34,41)(H,35,40). The predicted octanol–water partition coefficient (Wildman–Crippen LogP) is 4.78. The van der Waals surface area contributed by atoms with Gasteiger partial charge in [0.1, 0.15) is 5.75 Å². The maximum Gasteiger partial charge on any atom is 0.273 e. The smallest absolute Gasteiger partial charge is 0.273 e. The summed E-state index contributed by atoms with van der Waals surface area (Å²) in [5.41, 5.74) is 4.85. The van der Waals surface area contributed by atoms with E-state index in [2.05, 4.69) is 52.7 Å². The van der Waals surface area contributed by atoms with Gasteiger partial charge in [-0.2, -0.15) is 0 Å². The van der Waals surface area contributed by atoms with Crippen molar-refractivity contribution < 1.29 is 19.1 Å². The number of ether oxygens (including phenoxy) is 2. The molecule has 0 radical (unpaired) electrons. The molecule has 1 aromatic heterocycles. The summed E-state index contributed by atoms with van der Waals surface area (Å²) in [6.45, 7) is 19.3. The molecule has 10 heteroatoms. The molecule has 43 heavy (non-hydrogen) atoms. The summed E-state index contributed by atoms with van der Waals surface area (Å²) in [6.07, 6.45) is 2.38. The summed E-state index contributed by atoms with van der Waals surface area (Å²) in [4.78, 5) is 28.7. The fraction of sp³-hybridized carbons (Fsp3) is 0.515. The maximum absolute atomic E-state index is 13.6. The van der Waals surface area contributed by atoms with Crippen molar-refractivity contribution >= 4 is 17.5 Å². The zero-order chi connectivity index (χ0) is 31.4. The molecule has 1 aliphatic heterocycles. The van der Waals surface area contributed by atoms with E-state index in [0.717, 1.165) is 56.0 Å². The van der Waals surface area contributed by atoms with E-state index in [9.17, 15) is 9.59 Å². The fourth-order valence-corrected chi connectivity index (χ4v) is 4.86. The molecule has 4 rings (SSSR count). The van der Waals surface area contributed by atoms with Crippen LogP contribution in [0.25, 0.3) is 5.69 Å². The number of amides is 2. The highest BCUT2D eigenvalue weighted by Gasteiger charge is 2.23. The van der Waals surface area contributed by atoms with Crippen molar-refractivity contribution in [3.63, 3.8) is 0 Å². The van der Waals surface area contributed by atoms with Crippen LogP contribution in [0, 0.1) is 12.3 Å². The Morgan fingerprint density at radius 3 is 2.40 bits per heavy atom. The summed E-state index contributed by atoms with van der Waals surface area (Å²) in [5.74, 6) is 0.111. The molecule has 1 saturated heterocycles. The van der Waals surface area contributed by atoms with Crippen LogP contribution in [-0.2, 0) is 16.6 Å². The first-order chi connectivity index (χ1) is 20.2. The molecule has 0 aliphatic carbocycles. The van der Waals surface area contributed by atoms with E-state index in [1.54, 1.807) is 25.4 Å². The Hall–Kier alpha value is -3.76. The minimum atomic E-state index is -0.289. The van der Waals surface area contributed by atoms with Gasteiger partial charge in [0.15, 0.2) is 5.69 Å². The molecule has 3 aromatic rings. The lowest BCUT2D eigenvalue weighted by Gasteiger charge is -2.28. The molecule has 232 valence electrons. The van der Waals surface area contributed by atoms with Gasteiger partial charge in [0.05, 0.1) is 37.9 Å². The third-order valence-corrected chi connectivity index (χ3v) is 7.51. The van der Waals surface area contributed by atoms with Crippen LogP contribution in [0.1, 0.15) is 79.1 Å². The second-order valence-corrected chi connectivity index (χ2v) is 13.4. The summed E-state index contributed by atoms with van der Waals surface area (Å²) in [6, 6.07) is 9.60. The summed E-state index contributed by atoms with van der Waals surface area (Å²) >= 11 is 0. The number of hydrogen-bond donors (Lipinski definition) is 2. The number of rotatable bonds is 9. The van der Waals surface area contributed by atoms with E-state index in [0.29, 0.717) is 29.2 Å². The van der Waals surface area contributed by atoms with E-state index in [-0.39, 0.29) is 28.3 Å². The molecule has 0 unspecified atom stereocenters. The van der Waals surface area contributed by atoms with Crippen LogP contribution in [0.3, 0.4) is 0 Å². The van der Waals surface area contributed by atoms with E-state index >= 15 is 0 Å². The van der Waals surface area contributed by atoms with E-state index in [4.69, 9.17) is 9.47 Å². The van der Waals surface area contributed by atoms with E-state index in [1.807, 2.05) is 39.8 Å². The van der Waals surface area contributed by atoms with Crippen LogP contribution in [0.4, 0.5) is 5.69 Å². The summed E-state index contributed by atoms with van der Waals surface area (Å²) in [7, 11) is 1.64. The van der Waals surface area contributed by atoms with Crippen molar-refractivity contribution in [2.75, 3.05) is 51.8 Å². The molecule has 2 N–H and O–H groups in total. The van der Waals surface area contributed by atoms with Gasteiger partial charge < -0.3 is 20.1 Å². The molecule has 2 aromatic carbocycles. The normalized spacial score (nSPS) is 14.4. The number of hydrogen-bond acceptors (Lipinski definition) is 7. The number of nitrogens with zero attached hydrogens (tertiary/aromatic N) is 4. The number of nitrogens with one attached hydrogen (secondary N) is 2. The lowest BCUT2D eigenvalue weighted by molar-refractivity contribution is 0.0384. The van der Waals surface area contributed by atoms with Gasteiger partial charge in [-0.1, -0.05) is 58.9 Å². The van der Waals surface area contributed by atoms with Gasteiger partial charge in [-0.3, -0.25) is 14.5 Å². The zero-order valence-electron chi connectivity index (χ0n) is 26.8. The largest absolute Gasteiger partial charge is 0.494 e. The molecule has 10 nitrogen and oxygen atoms in total. The Balaban J connectivity index is 1.58. The fourth-order valence-electron chi connectivity index (χ4n) is 4.86. The van der Waals surface area contributed by atoms with Gasteiger partial charge in [-0.25, -0.2) is 4.68 Å². The second kappa shape index (κ2) is 13.3. The molecule has 1 aliphatic rings. The first-order valence-electron chi connectivity index (χ1n) is 14.9. The first kappa shape index (κ1) is 32.2. The van der Waals surface area contributed by atoms with Gasteiger partial charge in [-0.05, 0) is 59.1 Å². The Kier molecular flexibility index (Phi) is 9.92. The Morgan fingerprint density at radius 2 is 1.74 bits per heavy atom. The van der Waals surface area contributed by atoms with Crippen LogP contribution < -0.4 is 15.4 Å². The molecule has 0 bridgehead atoms. The van der Waals surface area contributed by atoms with Crippen molar-refractivity contribution in [2.45, 2.75) is 60.3 Å². The lowest BCUT2D eigenvalue weighted by Crippen LogP contribution is -2.37. The SMILES string of the molecule is COc1c(CCN2CCOCC2)cc(C(C)(C)C)cc1NC(=O)c1ccc(C)c(-n2cc(C(=O)NCC(C)(C)C)nn2)c1. The van der Waals surface area contributed by atoms with Crippen molar-refractivity contribution in [3.8, 4) is 11.4 Å².